The molecule has 1 heterocycles. The topological polar surface area (TPSA) is 78.0 Å². The monoisotopic (exact) mass is 313 g/mol. The third-order valence-electron chi connectivity index (χ3n) is 3.53. The van der Waals surface area contributed by atoms with Crippen molar-refractivity contribution in [2.24, 2.45) is 0 Å². The van der Waals surface area contributed by atoms with E-state index in [4.69, 9.17) is 5.11 Å². The number of benzene rings is 2. The summed E-state index contributed by atoms with van der Waals surface area (Å²) in [4.78, 5) is 11.8. The predicted octanol–water partition coefficient (Wildman–Crippen LogP) is 3.08. The van der Waals surface area contributed by atoms with E-state index in [0.29, 0.717) is 17.8 Å². The van der Waals surface area contributed by atoms with Crippen molar-refractivity contribution in [2.45, 2.75) is 12.8 Å². The van der Waals surface area contributed by atoms with Gasteiger partial charge in [-0.25, -0.2) is 4.39 Å². The Bertz CT molecular complexity index is 827. The molecular weight excluding hydrogens is 297 g/mol. The molecule has 6 heteroatoms. The van der Waals surface area contributed by atoms with Crippen LogP contribution in [0, 0.1) is 5.82 Å². The summed E-state index contributed by atoms with van der Waals surface area (Å²) in [6, 6.07) is 11.5. The van der Waals surface area contributed by atoms with Gasteiger partial charge in [-0.3, -0.25) is 9.89 Å². The summed E-state index contributed by atoms with van der Waals surface area (Å²) >= 11 is 0. The van der Waals surface area contributed by atoms with Crippen LogP contribution in [-0.4, -0.2) is 27.8 Å². The van der Waals surface area contributed by atoms with Gasteiger partial charge in [0.2, 0.25) is 5.91 Å². The van der Waals surface area contributed by atoms with E-state index in [-0.39, 0.29) is 24.8 Å². The number of hydrogen-bond acceptors (Lipinski definition) is 3. The van der Waals surface area contributed by atoms with E-state index >= 15 is 0 Å². The summed E-state index contributed by atoms with van der Waals surface area (Å²) < 4.78 is 13.1. The molecule has 0 spiro atoms. The molecule has 5 nitrogen and oxygen atoms in total. The number of nitrogens with one attached hydrogen (secondary N) is 2. The molecule has 1 amide bonds. The van der Waals surface area contributed by atoms with Crippen molar-refractivity contribution in [1.82, 2.24) is 10.2 Å². The number of aromatic amines is 1. The fraction of sp³-hybridized carbons (Fsp3) is 0.176. The molecule has 0 aliphatic carbocycles. The summed E-state index contributed by atoms with van der Waals surface area (Å²) in [6.45, 7) is -0.0110. The van der Waals surface area contributed by atoms with Gasteiger partial charge in [-0.2, -0.15) is 5.10 Å². The lowest BCUT2D eigenvalue weighted by molar-refractivity contribution is -0.116. The van der Waals surface area contributed by atoms with Crippen LogP contribution in [0.5, 0.6) is 0 Å². The van der Waals surface area contributed by atoms with Crippen LogP contribution in [0.25, 0.3) is 22.2 Å². The van der Waals surface area contributed by atoms with Crippen LogP contribution in [0.3, 0.4) is 0 Å². The third-order valence-corrected chi connectivity index (χ3v) is 3.53. The maximum Gasteiger partial charge on any atom is 0.224 e. The summed E-state index contributed by atoms with van der Waals surface area (Å²) in [6.07, 6.45) is 0.700. The van der Waals surface area contributed by atoms with Crippen molar-refractivity contribution in [1.29, 1.82) is 0 Å². The highest BCUT2D eigenvalue weighted by molar-refractivity contribution is 5.98. The number of carbonyl (C=O) groups is 1. The molecule has 0 aliphatic heterocycles. The molecule has 0 aliphatic rings. The minimum Gasteiger partial charge on any atom is -0.396 e. The molecule has 0 saturated heterocycles. The number of rotatable bonds is 5. The van der Waals surface area contributed by atoms with Crippen molar-refractivity contribution >= 4 is 22.5 Å². The maximum atomic E-state index is 13.1. The molecule has 1 aromatic heterocycles. The Morgan fingerprint density at radius 3 is 2.74 bits per heavy atom. The molecule has 3 aromatic rings. The highest BCUT2D eigenvalue weighted by atomic mass is 19.1. The quantitative estimate of drug-likeness (QED) is 0.677. The van der Waals surface area contributed by atoms with Crippen molar-refractivity contribution in [2.75, 3.05) is 11.9 Å². The first-order chi connectivity index (χ1) is 11.2. The highest BCUT2D eigenvalue weighted by Gasteiger charge is 2.10. The Hall–Kier alpha value is -2.73. The molecule has 0 bridgehead atoms. The Morgan fingerprint density at radius 2 is 2.00 bits per heavy atom. The van der Waals surface area contributed by atoms with Gasteiger partial charge in [-0.1, -0.05) is 0 Å². The molecule has 0 atom stereocenters. The van der Waals surface area contributed by atoms with Gasteiger partial charge in [0.1, 0.15) is 5.82 Å². The smallest absolute Gasteiger partial charge is 0.224 e. The Morgan fingerprint density at radius 1 is 1.22 bits per heavy atom. The van der Waals surface area contributed by atoms with Gasteiger partial charge in [0.15, 0.2) is 0 Å². The number of H-pyrrole nitrogens is 1. The fourth-order valence-corrected chi connectivity index (χ4v) is 2.38. The van der Waals surface area contributed by atoms with Gasteiger partial charge in [0.05, 0.1) is 11.2 Å². The van der Waals surface area contributed by atoms with Gasteiger partial charge < -0.3 is 10.4 Å². The van der Waals surface area contributed by atoms with Crippen LogP contribution in [0.15, 0.2) is 42.5 Å². The molecular formula is C17H16FN3O2. The Kier molecular flexibility index (Phi) is 4.34. The van der Waals surface area contributed by atoms with Crippen molar-refractivity contribution in [3.05, 3.63) is 48.3 Å². The lowest BCUT2D eigenvalue weighted by Crippen LogP contribution is -2.11. The number of aliphatic hydroxyl groups is 1. The van der Waals surface area contributed by atoms with Crippen molar-refractivity contribution < 1.29 is 14.3 Å². The maximum absolute atomic E-state index is 13.1. The average Bonchev–Trinajstić information content (AvgIpc) is 2.97. The average molecular weight is 313 g/mol. The Labute approximate surface area is 132 Å². The van der Waals surface area contributed by atoms with E-state index in [0.717, 1.165) is 16.5 Å². The molecule has 0 unspecified atom stereocenters. The predicted molar refractivity (Wildman–Crippen MR) is 86.4 cm³/mol. The molecule has 3 rings (SSSR count). The number of aromatic nitrogens is 2. The van der Waals surface area contributed by atoms with Crippen molar-refractivity contribution in [3.63, 3.8) is 0 Å². The highest BCUT2D eigenvalue weighted by Crippen LogP contribution is 2.28. The lowest BCUT2D eigenvalue weighted by Gasteiger charge is -2.05. The standard InChI is InChI=1S/C17H16FN3O2/c18-12-5-3-11(4-6-12)17-14-10-13(7-8-15(14)20-21-17)19-16(23)2-1-9-22/h3-8,10,22H,1-2,9H2,(H,19,23)(H,20,21). The van der Waals surface area contributed by atoms with E-state index in [1.807, 2.05) is 12.1 Å². The van der Waals surface area contributed by atoms with E-state index in [9.17, 15) is 9.18 Å². The van der Waals surface area contributed by atoms with Crippen LogP contribution >= 0.6 is 0 Å². The van der Waals surface area contributed by atoms with Gasteiger partial charge >= 0.3 is 0 Å². The first-order valence-electron chi connectivity index (χ1n) is 7.32. The van der Waals surface area contributed by atoms with Crippen LogP contribution in [0.4, 0.5) is 10.1 Å². The largest absolute Gasteiger partial charge is 0.396 e. The van der Waals surface area contributed by atoms with Gasteiger partial charge in [-0.05, 0) is 48.9 Å². The number of nitrogens with zero attached hydrogens (tertiary/aromatic N) is 1. The van der Waals surface area contributed by atoms with E-state index in [1.165, 1.54) is 12.1 Å². The molecule has 3 N–H and O–H groups in total. The second-order valence-corrected chi connectivity index (χ2v) is 5.21. The lowest BCUT2D eigenvalue weighted by atomic mass is 10.1. The SMILES string of the molecule is O=C(CCCO)Nc1ccc2[nH]nc(-c3ccc(F)cc3)c2c1. The third kappa shape index (κ3) is 3.37. The van der Waals surface area contributed by atoms with Crippen LogP contribution in [0.1, 0.15) is 12.8 Å². The van der Waals surface area contributed by atoms with E-state index in [1.54, 1.807) is 18.2 Å². The zero-order valence-corrected chi connectivity index (χ0v) is 12.3. The second-order valence-electron chi connectivity index (χ2n) is 5.21. The second kappa shape index (κ2) is 6.58. The van der Waals surface area contributed by atoms with E-state index < -0.39 is 0 Å². The molecule has 2 aromatic carbocycles. The van der Waals surface area contributed by atoms with Gasteiger partial charge in [0, 0.05) is 29.7 Å². The number of amides is 1. The first kappa shape index (κ1) is 15.2. The van der Waals surface area contributed by atoms with Crippen molar-refractivity contribution in [3.8, 4) is 11.3 Å². The molecule has 0 saturated carbocycles. The number of halogens is 1. The molecule has 0 radical (unpaired) electrons. The minimum absolute atomic E-state index is 0.0110. The summed E-state index contributed by atoms with van der Waals surface area (Å²) in [5, 5.41) is 19.6. The minimum atomic E-state index is -0.301. The summed E-state index contributed by atoms with van der Waals surface area (Å²) in [5.74, 6) is -0.448. The number of carbonyl (C=O) groups excluding carboxylic acids is 1. The number of fused-ring (bicyclic) bond motifs is 1. The number of hydrogen-bond donors (Lipinski definition) is 3. The fourth-order valence-electron chi connectivity index (χ4n) is 2.38. The zero-order valence-electron chi connectivity index (χ0n) is 12.3. The van der Waals surface area contributed by atoms with E-state index in [2.05, 4.69) is 15.5 Å². The number of aliphatic hydroxyl groups excluding tert-OH is 1. The van der Waals surface area contributed by atoms with Crippen LogP contribution < -0.4 is 5.32 Å². The molecule has 23 heavy (non-hydrogen) atoms. The molecule has 118 valence electrons. The van der Waals surface area contributed by atoms with Crippen LogP contribution in [-0.2, 0) is 4.79 Å². The zero-order chi connectivity index (χ0) is 16.2. The first-order valence-corrected chi connectivity index (χ1v) is 7.32. The summed E-state index contributed by atoms with van der Waals surface area (Å²) in [5.41, 5.74) is 2.98. The Balaban J connectivity index is 1.91. The van der Waals surface area contributed by atoms with Gasteiger partial charge in [-0.15, -0.1) is 0 Å². The van der Waals surface area contributed by atoms with Gasteiger partial charge in [0.25, 0.3) is 0 Å². The number of anilines is 1. The normalized spacial score (nSPS) is 10.9. The summed E-state index contributed by atoms with van der Waals surface area (Å²) in [7, 11) is 0. The van der Waals surface area contributed by atoms with Crippen LogP contribution in [0.2, 0.25) is 0 Å². The molecule has 0 fully saturated rings.